The van der Waals surface area contributed by atoms with Crippen LogP contribution < -0.4 is 4.90 Å². The van der Waals surface area contributed by atoms with Crippen LogP contribution in [0.1, 0.15) is 35.9 Å². The van der Waals surface area contributed by atoms with Crippen LogP contribution in [0.25, 0.3) is 16.6 Å². The van der Waals surface area contributed by atoms with Crippen LogP contribution in [0.5, 0.6) is 0 Å². The monoisotopic (exact) mass is 429 g/mol. The Hall–Kier alpha value is -3.41. The zero-order valence-electron chi connectivity index (χ0n) is 19.6. The average molecular weight is 430 g/mol. The van der Waals surface area contributed by atoms with Crippen molar-refractivity contribution in [2.75, 3.05) is 25.5 Å². The normalized spacial score (nSPS) is 11.3. The minimum Gasteiger partial charge on any atom is -0.378 e. The summed E-state index contributed by atoms with van der Waals surface area (Å²) >= 11 is 0. The molecule has 0 aliphatic heterocycles. The Labute approximate surface area is 189 Å². The molecule has 0 bridgehead atoms. The van der Waals surface area contributed by atoms with Gasteiger partial charge in [-0.3, -0.25) is 4.79 Å². The summed E-state index contributed by atoms with van der Waals surface area (Å²) in [6.07, 6.45) is 1.12. The van der Waals surface area contributed by atoms with Gasteiger partial charge in [-0.05, 0) is 62.6 Å². The summed E-state index contributed by atoms with van der Waals surface area (Å²) in [7, 11) is 4.05. The molecule has 6 nitrogen and oxygen atoms in total. The van der Waals surface area contributed by atoms with Gasteiger partial charge in [-0.2, -0.15) is 5.10 Å². The molecule has 0 N–H and O–H groups in total. The third-order valence-corrected chi connectivity index (χ3v) is 6.17. The number of fused-ring (bicyclic) bond motifs is 3. The van der Waals surface area contributed by atoms with E-state index in [1.54, 1.807) is 0 Å². The molecule has 0 aliphatic carbocycles. The van der Waals surface area contributed by atoms with Crippen molar-refractivity contribution in [1.82, 2.24) is 19.5 Å². The fourth-order valence-corrected chi connectivity index (χ4v) is 4.22. The molecule has 6 heteroatoms. The minimum atomic E-state index is 0.161. The molecule has 166 valence electrons. The van der Waals surface area contributed by atoms with Crippen molar-refractivity contribution in [3.63, 3.8) is 0 Å². The summed E-state index contributed by atoms with van der Waals surface area (Å²) in [4.78, 5) is 21.9. The van der Waals surface area contributed by atoms with Crippen molar-refractivity contribution in [1.29, 1.82) is 0 Å². The first-order valence-corrected chi connectivity index (χ1v) is 11.2. The van der Waals surface area contributed by atoms with E-state index in [9.17, 15) is 4.79 Å². The van der Waals surface area contributed by atoms with Crippen LogP contribution in [0.4, 0.5) is 5.69 Å². The number of rotatable bonds is 7. The Morgan fingerprint density at radius 2 is 1.75 bits per heavy atom. The summed E-state index contributed by atoms with van der Waals surface area (Å²) < 4.78 is 1.92. The van der Waals surface area contributed by atoms with Gasteiger partial charge >= 0.3 is 0 Å². The lowest BCUT2D eigenvalue weighted by Gasteiger charge is -2.22. The molecule has 0 unspecified atom stereocenters. The number of aryl methyl sites for hydroxylation is 2. The van der Waals surface area contributed by atoms with Crippen LogP contribution in [-0.2, 0) is 17.8 Å². The summed E-state index contributed by atoms with van der Waals surface area (Å²) in [5.74, 6) is 0.161. The predicted molar refractivity (Wildman–Crippen MR) is 130 cm³/mol. The molecule has 32 heavy (non-hydrogen) atoms. The topological polar surface area (TPSA) is 53.7 Å². The molecule has 4 aromatic rings. The molecule has 0 saturated carbocycles. The molecule has 4 rings (SSSR count). The van der Waals surface area contributed by atoms with E-state index < -0.39 is 0 Å². The Balaban J connectivity index is 1.50. The van der Waals surface area contributed by atoms with Crippen LogP contribution in [0.3, 0.4) is 0 Å². The van der Waals surface area contributed by atoms with Gasteiger partial charge in [0.15, 0.2) is 5.65 Å². The zero-order chi connectivity index (χ0) is 22.8. The average Bonchev–Trinajstić information content (AvgIpc) is 3.16. The second-order valence-corrected chi connectivity index (χ2v) is 8.48. The second-order valence-electron chi connectivity index (χ2n) is 8.48. The van der Waals surface area contributed by atoms with Crippen molar-refractivity contribution in [2.24, 2.45) is 0 Å². The molecule has 0 spiro atoms. The molecular formula is C26H31N5O. The maximum atomic E-state index is 13.0. The summed E-state index contributed by atoms with van der Waals surface area (Å²) in [6.45, 7) is 7.44. The van der Waals surface area contributed by atoms with Crippen molar-refractivity contribution < 1.29 is 4.79 Å². The number of carbonyl (C=O) groups excluding carboxylic acids is 1. The van der Waals surface area contributed by atoms with Gasteiger partial charge in [0, 0.05) is 56.1 Å². The lowest BCUT2D eigenvalue weighted by molar-refractivity contribution is -0.131. The van der Waals surface area contributed by atoms with E-state index in [4.69, 9.17) is 10.1 Å². The molecular weight excluding hydrogens is 398 g/mol. The fourth-order valence-electron chi connectivity index (χ4n) is 4.22. The largest absolute Gasteiger partial charge is 0.378 e. The molecule has 2 heterocycles. The van der Waals surface area contributed by atoms with E-state index in [2.05, 4.69) is 42.2 Å². The first-order valence-electron chi connectivity index (χ1n) is 11.2. The van der Waals surface area contributed by atoms with Gasteiger partial charge in [0.05, 0.1) is 5.52 Å². The minimum absolute atomic E-state index is 0.161. The molecule has 2 aromatic carbocycles. The van der Waals surface area contributed by atoms with Crippen molar-refractivity contribution >= 4 is 28.1 Å². The lowest BCUT2D eigenvalue weighted by Crippen LogP contribution is -2.30. The Kier molecular flexibility index (Phi) is 6.12. The highest BCUT2D eigenvalue weighted by atomic mass is 16.2. The summed E-state index contributed by atoms with van der Waals surface area (Å²) in [5, 5.41) is 5.78. The van der Waals surface area contributed by atoms with Gasteiger partial charge < -0.3 is 9.80 Å². The summed E-state index contributed by atoms with van der Waals surface area (Å²) in [6, 6.07) is 16.4. The van der Waals surface area contributed by atoms with Gasteiger partial charge in [0.2, 0.25) is 5.91 Å². The maximum Gasteiger partial charge on any atom is 0.223 e. The number of anilines is 1. The summed E-state index contributed by atoms with van der Waals surface area (Å²) in [5.41, 5.74) is 7.24. The van der Waals surface area contributed by atoms with E-state index in [0.29, 0.717) is 25.9 Å². The SMILES string of the molecule is CCN(Cc1ccc(N(C)C)cc1)C(=O)CCc1c(C)nc2c3ccccc3nn2c1C. The first-order chi connectivity index (χ1) is 15.4. The van der Waals surface area contributed by atoms with Crippen LogP contribution in [0, 0.1) is 13.8 Å². The van der Waals surface area contributed by atoms with Gasteiger partial charge in [0.1, 0.15) is 0 Å². The van der Waals surface area contributed by atoms with Crippen LogP contribution in [0.2, 0.25) is 0 Å². The number of aromatic nitrogens is 3. The third-order valence-electron chi connectivity index (χ3n) is 6.17. The Bertz CT molecular complexity index is 1260. The number of hydrogen-bond acceptors (Lipinski definition) is 4. The number of hydrogen-bond donors (Lipinski definition) is 0. The molecule has 0 saturated heterocycles. The highest BCUT2D eigenvalue weighted by Gasteiger charge is 2.17. The van der Waals surface area contributed by atoms with E-state index in [0.717, 1.165) is 44.8 Å². The highest BCUT2D eigenvalue weighted by molar-refractivity contribution is 5.92. The van der Waals surface area contributed by atoms with Crippen molar-refractivity contribution in [3.8, 4) is 0 Å². The molecule has 0 atom stereocenters. The maximum absolute atomic E-state index is 13.0. The van der Waals surface area contributed by atoms with Gasteiger partial charge in [-0.15, -0.1) is 0 Å². The predicted octanol–water partition coefficient (Wildman–Crippen LogP) is 4.55. The standard InChI is InChI=1S/C26H31N5O/c1-6-30(17-20-11-13-21(14-12-20)29(4)5)25(32)16-15-22-18(2)27-26-23-9-7-8-10-24(23)28-31(26)19(22)3/h7-14H,6,15-17H2,1-5H3. The second kappa shape index (κ2) is 8.99. The van der Waals surface area contributed by atoms with Crippen LogP contribution in [0.15, 0.2) is 48.5 Å². The number of carbonyl (C=O) groups is 1. The number of nitrogens with zero attached hydrogens (tertiary/aromatic N) is 5. The molecule has 1 amide bonds. The van der Waals surface area contributed by atoms with E-state index in [-0.39, 0.29) is 5.91 Å². The van der Waals surface area contributed by atoms with Crippen molar-refractivity contribution in [3.05, 3.63) is 71.0 Å². The van der Waals surface area contributed by atoms with E-state index >= 15 is 0 Å². The zero-order valence-corrected chi connectivity index (χ0v) is 19.6. The fraction of sp³-hybridized carbons (Fsp3) is 0.346. The van der Waals surface area contributed by atoms with Crippen LogP contribution in [-0.4, -0.2) is 46.0 Å². The lowest BCUT2D eigenvalue weighted by atomic mass is 10.1. The van der Waals surface area contributed by atoms with E-state index in [1.807, 2.05) is 55.6 Å². The number of benzene rings is 2. The van der Waals surface area contributed by atoms with Crippen molar-refractivity contribution in [2.45, 2.75) is 40.2 Å². The Morgan fingerprint density at radius 3 is 2.44 bits per heavy atom. The molecule has 0 aliphatic rings. The highest BCUT2D eigenvalue weighted by Crippen LogP contribution is 2.23. The van der Waals surface area contributed by atoms with E-state index in [1.165, 1.54) is 0 Å². The smallest absolute Gasteiger partial charge is 0.223 e. The molecule has 0 fully saturated rings. The Morgan fingerprint density at radius 1 is 1.03 bits per heavy atom. The first kappa shape index (κ1) is 21.8. The van der Waals surface area contributed by atoms with Gasteiger partial charge in [-0.25, -0.2) is 9.50 Å². The molecule has 0 radical (unpaired) electrons. The number of amides is 1. The quantitative estimate of drug-likeness (QED) is 0.433. The molecule has 2 aromatic heterocycles. The van der Waals surface area contributed by atoms with Gasteiger partial charge in [-0.1, -0.05) is 24.3 Å². The third kappa shape index (κ3) is 4.17. The van der Waals surface area contributed by atoms with Crippen LogP contribution >= 0.6 is 0 Å². The van der Waals surface area contributed by atoms with Gasteiger partial charge in [0.25, 0.3) is 0 Å².